The third-order valence-corrected chi connectivity index (χ3v) is 3.88. The van der Waals surface area contributed by atoms with Gasteiger partial charge in [-0.1, -0.05) is 48.5 Å². The van der Waals surface area contributed by atoms with Crippen molar-refractivity contribution in [1.82, 2.24) is 10.3 Å². The van der Waals surface area contributed by atoms with Gasteiger partial charge < -0.3 is 10.6 Å². The van der Waals surface area contributed by atoms with E-state index in [0.29, 0.717) is 11.3 Å². The van der Waals surface area contributed by atoms with E-state index in [0.717, 1.165) is 5.56 Å². The van der Waals surface area contributed by atoms with Crippen LogP contribution in [0.1, 0.15) is 28.4 Å². The smallest absolute Gasteiger partial charge is 0.251 e. The molecule has 2 N–H and O–H groups in total. The summed E-state index contributed by atoms with van der Waals surface area (Å²) in [5.41, 5.74) is 2.05. The highest BCUT2D eigenvalue weighted by Crippen LogP contribution is 2.18. The van der Waals surface area contributed by atoms with Crippen molar-refractivity contribution in [3.8, 4) is 0 Å². The third-order valence-electron chi connectivity index (χ3n) is 3.88. The zero-order chi connectivity index (χ0) is 18.2. The molecule has 2 aromatic carbocycles. The fourth-order valence-corrected chi connectivity index (χ4v) is 2.60. The molecule has 1 heterocycles. The van der Waals surface area contributed by atoms with E-state index in [4.69, 9.17) is 0 Å². The number of hydrogen-bond acceptors (Lipinski definition) is 3. The molecule has 3 rings (SSSR count). The van der Waals surface area contributed by atoms with Gasteiger partial charge in [0.1, 0.15) is 0 Å². The summed E-state index contributed by atoms with van der Waals surface area (Å²) in [5.74, 6) is -0.408. The van der Waals surface area contributed by atoms with Crippen molar-refractivity contribution in [3.05, 3.63) is 96.3 Å². The first-order valence-corrected chi connectivity index (χ1v) is 8.33. The molecule has 1 aromatic heterocycles. The largest absolute Gasteiger partial charge is 0.345 e. The maximum Gasteiger partial charge on any atom is 0.251 e. The minimum atomic E-state index is -0.430. The zero-order valence-electron chi connectivity index (χ0n) is 14.1. The van der Waals surface area contributed by atoms with Gasteiger partial charge >= 0.3 is 0 Å². The predicted octanol–water partition coefficient (Wildman–Crippen LogP) is 3.58. The lowest BCUT2D eigenvalue weighted by Gasteiger charge is -2.19. The Labute approximate surface area is 152 Å². The number of pyridine rings is 1. The molecule has 0 fully saturated rings. The Kier molecular flexibility index (Phi) is 5.72. The van der Waals surface area contributed by atoms with Gasteiger partial charge in [0.15, 0.2) is 0 Å². The van der Waals surface area contributed by atoms with Crippen molar-refractivity contribution in [3.63, 3.8) is 0 Å². The summed E-state index contributed by atoms with van der Waals surface area (Å²) in [6, 6.07) is 21.5. The topological polar surface area (TPSA) is 71.1 Å². The van der Waals surface area contributed by atoms with Crippen LogP contribution in [-0.2, 0) is 4.79 Å². The van der Waals surface area contributed by atoms with Gasteiger partial charge in [0.25, 0.3) is 5.91 Å². The maximum atomic E-state index is 12.5. The van der Waals surface area contributed by atoms with Crippen LogP contribution in [0.5, 0.6) is 0 Å². The molecule has 0 saturated heterocycles. The Morgan fingerprint density at radius 2 is 1.58 bits per heavy atom. The number of benzene rings is 2. The van der Waals surface area contributed by atoms with Crippen LogP contribution < -0.4 is 10.6 Å². The lowest BCUT2D eigenvalue weighted by molar-refractivity contribution is -0.116. The molecule has 0 aliphatic rings. The molecule has 26 heavy (non-hydrogen) atoms. The van der Waals surface area contributed by atoms with E-state index in [1.165, 1.54) is 0 Å². The second-order valence-electron chi connectivity index (χ2n) is 5.80. The van der Waals surface area contributed by atoms with Crippen LogP contribution >= 0.6 is 0 Å². The number of carbonyl (C=O) groups excluding carboxylic acids is 2. The van der Waals surface area contributed by atoms with Crippen molar-refractivity contribution in [2.75, 3.05) is 5.32 Å². The molecule has 0 saturated carbocycles. The van der Waals surface area contributed by atoms with Crippen LogP contribution in [0.3, 0.4) is 0 Å². The van der Waals surface area contributed by atoms with Crippen LogP contribution in [0.15, 0.2) is 85.2 Å². The van der Waals surface area contributed by atoms with E-state index in [1.54, 1.807) is 36.7 Å². The van der Waals surface area contributed by atoms with Crippen LogP contribution in [0.2, 0.25) is 0 Å². The average Bonchev–Trinajstić information content (AvgIpc) is 2.69. The predicted molar refractivity (Wildman–Crippen MR) is 101 cm³/mol. The minimum absolute atomic E-state index is 0.123. The molecule has 3 aromatic rings. The van der Waals surface area contributed by atoms with Gasteiger partial charge in [-0.3, -0.25) is 14.6 Å². The Hall–Kier alpha value is -3.47. The van der Waals surface area contributed by atoms with E-state index in [-0.39, 0.29) is 18.2 Å². The Balaban J connectivity index is 1.73. The van der Waals surface area contributed by atoms with Gasteiger partial charge in [-0.2, -0.15) is 0 Å². The van der Waals surface area contributed by atoms with E-state index in [2.05, 4.69) is 15.6 Å². The van der Waals surface area contributed by atoms with Gasteiger partial charge in [0.2, 0.25) is 5.91 Å². The molecule has 0 unspecified atom stereocenters. The minimum Gasteiger partial charge on any atom is -0.345 e. The van der Waals surface area contributed by atoms with Crippen LogP contribution in [-0.4, -0.2) is 16.8 Å². The number of hydrogen-bond donors (Lipinski definition) is 2. The monoisotopic (exact) mass is 345 g/mol. The van der Waals surface area contributed by atoms with Crippen molar-refractivity contribution in [2.24, 2.45) is 0 Å². The van der Waals surface area contributed by atoms with E-state index >= 15 is 0 Å². The molecule has 5 nitrogen and oxygen atoms in total. The van der Waals surface area contributed by atoms with Crippen molar-refractivity contribution >= 4 is 17.5 Å². The zero-order valence-corrected chi connectivity index (χ0v) is 14.1. The molecule has 130 valence electrons. The molecule has 2 amide bonds. The molecule has 0 aliphatic carbocycles. The number of aromatic nitrogens is 1. The molecule has 0 radical (unpaired) electrons. The molecule has 5 heteroatoms. The summed E-state index contributed by atoms with van der Waals surface area (Å²) in [7, 11) is 0. The standard InChI is InChI=1S/C21H19N3O2/c25-20(23-18-12-7-13-22-15-18)14-19(16-8-3-1-4-9-16)24-21(26)17-10-5-2-6-11-17/h1-13,15,19H,14H2,(H,23,25)(H,24,26)/t19-/m0/s1. The third kappa shape index (κ3) is 4.77. The van der Waals surface area contributed by atoms with Gasteiger partial charge in [-0.15, -0.1) is 0 Å². The summed E-state index contributed by atoms with van der Waals surface area (Å²) in [6.45, 7) is 0. The van der Waals surface area contributed by atoms with Crippen LogP contribution in [0.25, 0.3) is 0 Å². The molecule has 1 atom stereocenters. The number of carbonyl (C=O) groups is 2. The lowest BCUT2D eigenvalue weighted by atomic mass is 10.0. The van der Waals surface area contributed by atoms with E-state index in [9.17, 15) is 9.59 Å². The Morgan fingerprint density at radius 1 is 0.885 bits per heavy atom. The number of nitrogens with one attached hydrogen (secondary N) is 2. The fourth-order valence-electron chi connectivity index (χ4n) is 2.60. The van der Waals surface area contributed by atoms with Crippen molar-refractivity contribution in [2.45, 2.75) is 12.5 Å². The first kappa shape index (κ1) is 17.4. The first-order valence-electron chi connectivity index (χ1n) is 8.33. The molecular formula is C21H19N3O2. The summed E-state index contributed by atoms with van der Waals surface area (Å²) in [5, 5.41) is 5.75. The average molecular weight is 345 g/mol. The van der Waals surface area contributed by atoms with Crippen molar-refractivity contribution in [1.29, 1.82) is 0 Å². The van der Waals surface area contributed by atoms with Gasteiger partial charge in [-0.25, -0.2) is 0 Å². The first-order chi connectivity index (χ1) is 12.7. The quantitative estimate of drug-likeness (QED) is 0.717. The summed E-state index contributed by atoms with van der Waals surface area (Å²) in [6.07, 6.45) is 3.35. The number of anilines is 1. The highest BCUT2D eigenvalue weighted by molar-refractivity contribution is 5.95. The molecule has 0 spiro atoms. The second-order valence-corrected chi connectivity index (χ2v) is 5.80. The summed E-state index contributed by atoms with van der Waals surface area (Å²) in [4.78, 5) is 28.9. The van der Waals surface area contributed by atoms with Crippen LogP contribution in [0.4, 0.5) is 5.69 Å². The SMILES string of the molecule is O=C(C[C@H](NC(=O)c1ccccc1)c1ccccc1)Nc1cccnc1. The Bertz CT molecular complexity index is 852. The van der Waals surface area contributed by atoms with E-state index < -0.39 is 6.04 Å². The molecule has 0 bridgehead atoms. The van der Waals surface area contributed by atoms with Crippen molar-refractivity contribution < 1.29 is 9.59 Å². The fraction of sp³-hybridized carbons (Fsp3) is 0.0952. The van der Waals surface area contributed by atoms with Gasteiger partial charge in [-0.05, 0) is 29.8 Å². The van der Waals surface area contributed by atoms with Gasteiger partial charge in [0.05, 0.1) is 24.3 Å². The Morgan fingerprint density at radius 3 is 2.23 bits per heavy atom. The molecule has 0 aliphatic heterocycles. The van der Waals surface area contributed by atoms with Gasteiger partial charge in [0, 0.05) is 11.8 Å². The number of nitrogens with zero attached hydrogens (tertiary/aromatic N) is 1. The van der Waals surface area contributed by atoms with Crippen LogP contribution in [0, 0.1) is 0 Å². The number of amides is 2. The second kappa shape index (κ2) is 8.58. The highest BCUT2D eigenvalue weighted by atomic mass is 16.2. The lowest BCUT2D eigenvalue weighted by Crippen LogP contribution is -2.31. The molecular weight excluding hydrogens is 326 g/mol. The normalized spacial score (nSPS) is 11.4. The summed E-state index contributed by atoms with van der Waals surface area (Å²) < 4.78 is 0. The maximum absolute atomic E-state index is 12.5. The number of rotatable bonds is 6. The van der Waals surface area contributed by atoms with E-state index in [1.807, 2.05) is 48.5 Å². The highest BCUT2D eigenvalue weighted by Gasteiger charge is 2.19. The summed E-state index contributed by atoms with van der Waals surface area (Å²) >= 11 is 0.